The van der Waals surface area contributed by atoms with Crippen molar-refractivity contribution >= 4 is 11.6 Å². The van der Waals surface area contributed by atoms with Crippen LogP contribution in [-0.2, 0) is 0 Å². The maximum atomic E-state index is 6.67. The van der Waals surface area contributed by atoms with Crippen LogP contribution in [0.5, 0.6) is 5.75 Å². The van der Waals surface area contributed by atoms with Gasteiger partial charge in [0.2, 0.25) is 5.95 Å². The van der Waals surface area contributed by atoms with Gasteiger partial charge in [0.05, 0.1) is 0 Å². The zero-order valence-corrected chi connectivity index (χ0v) is 13.9. The van der Waals surface area contributed by atoms with E-state index < -0.39 is 0 Å². The summed E-state index contributed by atoms with van der Waals surface area (Å²) < 4.78 is 8.57. The molecule has 1 spiro atoms. The molecule has 2 aromatic rings. The van der Waals surface area contributed by atoms with E-state index in [1.807, 2.05) is 4.40 Å². The summed E-state index contributed by atoms with van der Waals surface area (Å²) in [6, 6.07) is 2.07. The zero-order valence-electron chi connectivity index (χ0n) is 13.9. The molecule has 7 rings (SSSR count). The fourth-order valence-electron chi connectivity index (χ4n) is 7.41. The molecule has 0 bridgehead atoms. The van der Waals surface area contributed by atoms with Crippen LogP contribution in [0, 0.1) is 28.6 Å². The smallest absolute Gasteiger partial charge is 0.226 e. The van der Waals surface area contributed by atoms with Crippen LogP contribution in [0.15, 0.2) is 12.3 Å². The second-order valence-electron chi connectivity index (χ2n) is 9.13. The molecule has 5 aliphatic rings. The Bertz CT molecular complexity index is 917. The minimum atomic E-state index is 0.414. The Labute approximate surface area is 140 Å². The monoisotopic (exact) mass is 322 g/mol. The van der Waals surface area contributed by atoms with Gasteiger partial charge in [-0.1, -0.05) is 6.92 Å². The van der Waals surface area contributed by atoms with E-state index in [1.54, 1.807) is 0 Å². The van der Waals surface area contributed by atoms with Crippen LogP contribution in [0.3, 0.4) is 0 Å². The number of nitrogens with zero attached hydrogens (tertiary/aromatic N) is 3. The Balaban J connectivity index is 1.28. The lowest BCUT2D eigenvalue weighted by atomic mass is 9.90. The van der Waals surface area contributed by atoms with Crippen molar-refractivity contribution in [3.63, 3.8) is 0 Å². The summed E-state index contributed by atoms with van der Waals surface area (Å²) in [6.07, 6.45) is 9.21. The highest BCUT2D eigenvalue weighted by atomic mass is 16.5. The van der Waals surface area contributed by atoms with E-state index in [0.29, 0.717) is 28.8 Å². The van der Waals surface area contributed by atoms with E-state index in [0.717, 1.165) is 29.2 Å². The van der Waals surface area contributed by atoms with Crippen molar-refractivity contribution in [2.24, 2.45) is 28.6 Å². The van der Waals surface area contributed by atoms with Crippen molar-refractivity contribution < 1.29 is 4.74 Å². The van der Waals surface area contributed by atoms with Crippen molar-refractivity contribution in [1.82, 2.24) is 14.6 Å². The van der Waals surface area contributed by atoms with Gasteiger partial charge in [0.15, 0.2) is 5.65 Å². The number of rotatable bonds is 3. The van der Waals surface area contributed by atoms with Gasteiger partial charge in [-0.15, -0.1) is 10.2 Å². The maximum absolute atomic E-state index is 6.67. The zero-order chi connectivity index (χ0) is 15.8. The number of hydrogen-bond acceptors (Lipinski definition) is 4. The van der Waals surface area contributed by atoms with E-state index in [2.05, 4.69) is 29.4 Å². The van der Waals surface area contributed by atoms with Gasteiger partial charge in [0.1, 0.15) is 11.9 Å². The molecule has 2 heterocycles. The summed E-state index contributed by atoms with van der Waals surface area (Å²) in [4.78, 5) is 0. The maximum Gasteiger partial charge on any atom is 0.226 e. The molecule has 0 aromatic carbocycles. The molecule has 4 unspecified atom stereocenters. The van der Waals surface area contributed by atoms with Crippen LogP contribution in [0.2, 0.25) is 0 Å². The Kier molecular flexibility index (Phi) is 1.80. The molecule has 0 saturated heterocycles. The summed E-state index contributed by atoms with van der Waals surface area (Å²) in [6.45, 7) is 2.53. The lowest BCUT2D eigenvalue weighted by molar-refractivity contribution is 0.135. The van der Waals surface area contributed by atoms with E-state index in [9.17, 15) is 0 Å². The molecule has 0 radical (unpaired) electrons. The summed E-state index contributed by atoms with van der Waals surface area (Å²) in [5.74, 6) is 4.94. The van der Waals surface area contributed by atoms with Gasteiger partial charge in [-0.05, 0) is 60.7 Å². The molecule has 5 heteroatoms. The Morgan fingerprint density at radius 2 is 2.12 bits per heavy atom. The number of fused-ring (bicyclic) bond motifs is 3. The highest BCUT2D eigenvalue weighted by Gasteiger charge is 2.96. The molecule has 5 fully saturated rings. The number of nitrogens with two attached hydrogens (primary N) is 1. The highest BCUT2D eigenvalue weighted by molar-refractivity contribution is 5.53. The van der Waals surface area contributed by atoms with E-state index in [-0.39, 0.29) is 0 Å². The van der Waals surface area contributed by atoms with Gasteiger partial charge in [-0.25, -0.2) is 0 Å². The summed E-state index contributed by atoms with van der Waals surface area (Å²) in [5, 5.41) is 8.19. The lowest BCUT2D eigenvalue weighted by Gasteiger charge is -2.25. The number of aromatic nitrogens is 3. The lowest BCUT2D eigenvalue weighted by Crippen LogP contribution is -2.25. The Morgan fingerprint density at radius 1 is 1.25 bits per heavy atom. The van der Waals surface area contributed by atoms with Crippen LogP contribution >= 0.6 is 0 Å². The van der Waals surface area contributed by atoms with Gasteiger partial charge in [-0.2, -0.15) is 0 Å². The first-order chi connectivity index (χ1) is 11.6. The fraction of sp³-hybridized carbons (Fsp3) is 0.684. The van der Waals surface area contributed by atoms with Crippen molar-refractivity contribution in [3.05, 3.63) is 17.8 Å². The van der Waals surface area contributed by atoms with Crippen LogP contribution in [-0.4, -0.2) is 20.7 Å². The topological polar surface area (TPSA) is 65.4 Å². The highest BCUT2D eigenvalue weighted by Crippen LogP contribution is 2.99. The molecule has 5 nitrogen and oxygen atoms in total. The standard InChI is InChI=1S/C19H22N4O/c1-18-5-4-11-12-6-14(16(18)19(11,12)18)24-13-7-15-21-22-17(20)23(15)8-10(13)9-2-3-9/h7-9,11-12,14,16H,2-6H2,1H3,(H2,20,22)/t11?,12?,14-,16?,18?,19+/m1/s1. The number of ether oxygens (including phenoxy) is 1. The summed E-state index contributed by atoms with van der Waals surface area (Å²) in [5.41, 5.74) is 9.33. The van der Waals surface area contributed by atoms with Crippen LogP contribution < -0.4 is 10.5 Å². The molecule has 2 aromatic heterocycles. The molecular weight excluding hydrogens is 300 g/mol. The van der Waals surface area contributed by atoms with Crippen molar-refractivity contribution in [3.8, 4) is 5.75 Å². The molecule has 5 saturated carbocycles. The van der Waals surface area contributed by atoms with Gasteiger partial charge in [0.25, 0.3) is 0 Å². The average Bonchev–Trinajstić information content (AvgIpc) is 3.48. The third-order valence-electron chi connectivity index (χ3n) is 8.40. The van der Waals surface area contributed by atoms with Crippen molar-refractivity contribution in [2.45, 2.75) is 51.0 Å². The molecule has 0 aliphatic heterocycles. The van der Waals surface area contributed by atoms with Crippen LogP contribution in [0.25, 0.3) is 5.65 Å². The summed E-state index contributed by atoms with van der Waals surface area (Å²) >= 11 is 0. The van der Waals surface area contributed by atoms with E-state index in [4.69, 9.17) is 10.5 Å². The minimum absolute atomic E-state index is 0.414. The van der Waals surface area contributed by atoms with E-state index >= 15 is 0 Å². The Morgan fingerprint density at radius 3 is 2.88 bits per heavy atom. The first-order valence-corrected chi connectivity index (χ1v) is 9.45. The number of anilines is 1. The molecule has 6 atom stereocenters. The molecule has 0 amide bonds. The second kappa shape index (κ2) is 3.44. The second-order valence-corrected chi connectivity index (χ2v) is 9.13. The first-order valence-electron chi connectivity index (χ1n) is 9.45. The average molecular weight is 322 g/mol. The molecule has 2 N–H and O–H groups in total. The normalized spacial score (nSPS) is 46.9. The Hall–Kier alpha value is -1.78. The van der Waals surface area contributed by atoms with Gasteiger partial charge in [0, 0.05) is 23.7 Å². The minimum Gasteiger partial charge on any atom is -0.490 e. The van der Waals surface area contributed by atoms with Gasteiger partial charge >= 0.3 is 0 Å². The number of hydrogen-bond donors (Lipinski definition) is 1. The van der Waals surface area contributed by atoms with Gasteiger partial charge < -0.3 is 10.5 Å². The van der Waals surface area contributed by atoms with Gasteiger partial charge in [-0.3, -0.25) is 4.40 Å². The number of nitrogen functional groups attached to an aromatic ring is 1. The van der Waals surface area contributed by atoms with Crippen molar-refractivity contribution in [2.75, 3.05) is 5.73 Å². The third kappa shape index (κ3) is 1.13. The number of pyridine rings is 1. The van der Waals surface area contributed by atoms with Crippen LogP contribution in [0.4, 0.5) is 5.95 Å². The molecule has 24 heavy (non-hydrogen) atoms. The first kappa shape index (κ1) is 12.6. The van der Waals surface area contributed by atoms with E-state index in [1.165, 1.54) is 37.7 Å². The third-order valence-corrected chi connectivity index (χ3v) is 8.40. The molecular formula is C19H22N4O. The largest absolute Gasteiger partial charge is 0.490 e. The van der Waals surface area contributed by atoms with Crippen molar-refractivity contribution in [1.29, 1.82) is 0 Å². The SMILES string of the molecule is CC12CCC3C4C[C@@H](Oc5cc6nnc(N)n6cc5C5CC5)C1[C@]342. The quantitative estimate of drug-likeness (QED) is 0.943. The summed E-state index contributed by atoms with van der Waals surface area (Å²) in [7, 11) is 0. The predicted molar refractivity (Wildman–Crippen MR) is 88.7 cm³/mol. The molecule has 124 valence electrons. The predicted octanol–water partition coefficient (Wildman–Crippen LogP) is 3.00. The molecule has 5 aliphatic carbocycles. The van der Waals surface area contributed by atoms with Crippen LogP contribution in [0.1, 0.15) is 50.5 Å². The fourth-order valence-corrected chi connectivity index (χ4v) is 7.41.